The quantitative estimate of drug-likeness (QED) is 0.702. The number of anilines is 1. The maximum atomic E-state index is 5.51. The van der Waals surface area contributed by atoms with Crippen molar-refractivity contribution in [3.63, 3.8) is 0 Å². The highest BCUT2D eigenvalue weighted by Gasteiger charge is 2.12. The van der Waals surface area contributed by atoms with E-state index < -0.39 is 0 Å². The molecule has 5 nitrogen and oxygen atoms in total. The average Bonchev–Trinajstić information content (AvgIpc) is 2.98. The van der Waals surface area contributed by atoms with Gasteiger partial charge in [-0.3, -0.25) is 5.10 Å². The standard InChI is InChI=1S/C12H10N4O/c13-11-6-10(16-17-11)9-7-14-15-12(9)8-4-2-1-3-5-8/h1-7H,13H2,(H,14,15). The highest BCUT2D eigenvalue weighted by molar-refractivity contribution is 5.78. The van der Waals surface area contributed by atoms with Gasteiger partial charge >= 0.3 is 0 Å². The molecule has 0 radical (unpaired) electrons. The number of nitrogen functional groups attached to an aromatic ring is 1. The Balaban J connectivity index is 2.12. The first-order valence-electron chi connectivity index (χ1n) is 5.16. The number of rotatable bonds is 2. The predicted octanol–water partition coefficient (Wildman–Crippen LogP) is 2.31. The molecule has 0 atom stereocenters. The van der Waals surface area contributed by atoms with Crippen LogP contribution < -0.4 is 5.73 Å². The summed E-state index contributed by atoms with van der Waals surface area (Å²) in [5.74, 6) is 0.292. The summed E-state index contributed by atoms with van der Waals surface area (Å²) in [5.41, 5.74) is 9.01. The third-order valence-corrected chi connectivity index (χ3v) is 2.51. The molecule has 84 valence electrons. The van der Waals surface area contributed by atoms with Crippen LogP contribution in [-0.2, 0) is 0 Å². The fourth-order valence-electron chi connectivity index (χ4n) is 1.72. The molecule has 0 amide bonds. The number of benzene rings is 1. The molecular weight excluding hydrogens is 216 g/mol. The molecule has 0 fully saturated rings. The molecule has 0 spiro atoms. The summed E-state index contributed by atoms with van der Waals surface area (Å²) in [7, 11) is 0. The number of aromatic nitrogens is 3. The Hall–Kier alpha value is -2.56. The molecule has 0 unspecified atom stereocenters. The Kier molecular flexibility index (Phi) is 2.15. The van der Waals surface area contributed by atoms with Gasteiger partial charge in [0, 0.05) is 17.2 Å². The van der Waals surface area contributed by atoms with Gasteiger partial charge in [-0.15, -0.1) is 0 Å². The molecule has 0 saturated carbocycles. The van der Waals surface area contributed by atoms with Crippen LogP contribution in [0.1, 0.15) is 0 Å². The molecule has 5 heteroatoms. The fourth-order valence-corrected chi connectivity index (χ4v) is 1.72. The lowest BCUT2D eigenvalue weighted by Crippen LogP contribution is -1.82. The van der Waals surface area contributed by atoms with Gasteiger partial charge in [-0.25, -0.2) is 0 Å². The number of H-pyrrole nitrogens is 1. The molecule has 3 N–H and O–H groups in total. The molecule has 3 rings (SSSR count). The van der Waals surface area contributed by atoms with Crippen LogP contribution in [0.3, 0.4) is 0 Å². The third kappa shape index (κ3) is 1.67. The number of hydrogen-bond acceptors (Lipinski definition) is 4. The van der Waals surface area contributed by atoms with Crippen molar-refractivity contribution in [1.82, 2.24) is 15.4 Å². The predicted molar refractivity (Wildman–Crippen MR) is 63.9 cm³/mol. The van der Waals surface area contributed by atoms with Crippen molar-refractivity contribution in [3.05, 3.63) is 42.6 Å². The average molecular weight is 226 g/mol. The Bertz CT molecular complexity index is 627. The molecular formula is C12H10N4O. The lowest BCUT2D eigenvalue weighted by Gasteiger charge is -1.99. The second kappa shape index (κ2) is 3.79. The second-order valence-electron chi connectivity index (χ2n) is 3.64. The van der Waals surface area contributed by atoms with Crippen LogP contribution >= 0.6 is 0 Å². The van der Waals surface area contributed by atoms with Crippen molar-refractivity contribution in [2.24, 2.45) is 0 Å². The minimum Gasteiger partial charge on any atom is -0.368 e. The lowest BCUT2D eigenvalue weighted by molar-refractivity contribution is 0.439. The largest absolute Gasteiger partial charge is 0.368 e. The summed E-state index contributed by atoms with van der Waals surface area (Å²) in [6, 6.07) is 11.6. The monoisotopic (exact) mass is 226 g/mol. The van der Waals surface area contributed by atoms with E-state index in [4.69, 9.17) is 10.3 Å². The van der Waals surface area contributed by atoms with E-state index in [1.54, 1.807) is 12.3 Å². The number of nitrogens with zero attached hydrogens (tertiary/aromatic N) is 2. The molecule has 0 aliphatic carbocycles. The fraction of sp³-hybridized carbons (Fsp3) is 0. The highest BCUT2D eigenvalue weighted by Crippen LogP contribution is 2.29. The van der Waals surface area contributed by atoms with E-state index in [0.717, 1.165) is 16.8 Å². The second-order valence-corrected chi connectivity index (χ2v) is 3.64. The van der Waals surface area contributed by atoms with Crippen LogP contribution in [0.5, 0.6) is 0 Å². The highest BCUT2D eigenvalue weighted by atomic mass is 16.5. The minimum atomic E-state index is 0.292. The van der Waals surface area contributed by atoms with Gasteiger partial charge in [0.1, 0.15) is 5.69 Å². The summed E-state index contributed by atoms with van der Waals surface area (Å²) in [5, 5.41) is 10.9. The van der Waals surface area contributed by atoms with Crippen molar-refractivity contribution in [1.29, 1.82) is 0 Å². The Morgan fingerprint density at radius 1 is 1.18 bits per heavy atom. The van der Waals surface area contributed by atoms with E-state index in [2.05, 4.69) is 15.4 Å². The SMILES string of the molecule is Nc1cc(-c2cn[nH]c2-c2ccccc2)no1. The number of nitrogens with two attached hydrogens (primary N) is 1. The van der Waals surface area contributed by atoms with Crippen LogP contribution in [0.25, 0.3) is 22.5 Å². The summed E-state index contributed by atoms with van der Waals surface area (Å²) >= 11 is 0. The van der Waals surface area contributed by atoms with E-state index in [0.29, 0.717) is 11.6 Å². The lowest BCUT2D eigenvalue weighted by atomic mass is 10.1. The van der Waals surface area contributed by atoms with Gasteiger partial charge in [0.15, 0.2) is 0 Å². The number of aromatic amines is 1. The van der Waals surface area contributed by atoms with Crippen molar-refractivity contribution in [2.75, 3.05) is 5.73 Å². The molecule has 1 aromatic carbocycles. The molecule has 2 heterocycles. The van der Waals surface area contributed by atoms with Crippen LogP contribution in [0.4, 0.5) is 5.88 Å². The van der Waals surface area contributed by atoms with Crippen LogP contribution in [0.2, 0.25) is 0 Å². The maximum absolute atomic E-state index is 5.51. The maximum Gasteiger partial charge on any atom is 0.222 e. The van der Waals surface area contributed by atoms with E-state index in [1.165, 1.54) is 0 Å². The van der Waals surface area contributed by atoms with Gasteiger partial charge in [0.05, 0.1) is 11.9 Å². The first kappa shape index (κ1) is 9.65. The minimum absolute atomic E-state index is 0.292. The molecule has 0 bridgehead atoms. The van der Waals surface area contributed by atoms with Crippen molar-refractivity contribution < 1.29 is 4.52 Å². The van der Waals surface area contributed by atoms with E-state index in [9.17, 15) is 0 Å². The van der Waals surface area contributed by atoms with Crippen LogP contribution in [-0.4, -0.2) is 15.4 Å². The van der Waals surface area contributed by atoms with Crippen molar-refractivity contribution >= 4 is 5.88 Å². The third-order valence-electron chi connectivity index (χ3n) is 2.51. The molecule has 0 aliphatic heterocycles. The Morgan fingerprint density at radius 2 is 2.00 bits per heavy atom. The van der Waals surface area contributed by atoms with Crippen molar-refractivity contribution in [3.8, 4) is 22.5 Å². The summed E-state index contributed by atoms with van der Waals surface area (Å²) in [6.07, 6.45) is 1.71. The zero-order valence-corrected chi connectivity index (χ0v) is 8.92. The van der Waals surface area contributed by atoms with Crippen molar-refractivity contribution in [2.45, 2.75) is 0 Å². The van der Waals surface area contributed by atoms with E-state index in [1.807, 2.05) is 30.3 Å². The normalized spacial score (nSPS) is 10.6. The van der Waals surface area contributed by atoms with Gasteiger partial charge in [0.2, 0.25) is 5.88 Å². The first-order valence-corrected chi connectivity index (χ1v) is 5.16. The Morgan fingerprint density at radius 3 is 2.71 bits per heavy atom. The van der Waals surface area contributed by atoms with Crippen LogP contribution in [0, 0.1) is 0 Å². The summed E-state index contributed by atoms with van der Waals surface area (Å²) in [4.78, 5) is 0. The molecule has 3 aromatic rings. The van der Waals surface area contributed by atoms with Gasteiger partial charge < -0.3 is 10.3 Å². The molecule has 0 aliphatic rings. The first-order chi connectivity index (χ1) is 8.34. The summed E-state index contributed by atoms with van der Waals surface area (Å²) < 4.78 is 4.87. The van der Waals surface area contributed by atoms with Gasteiger partial charge in [0.25, 0.3) is 0 Å². The molecule has 17 heavy (non-hydrogen) atoms. The number of nitrogens with one attached hydrogen (secondary N) is 1. The van der Waals surface area contributed by atoms with E-state index in [-0.39, 0.29) is 0 Å². The number of hydrogen-bond donors (Lipinski definition) is 2. The zero-order valence-electron chi connectivity index (χ0n) is 8.92. The summed E-state index contributed by atoms with van der Waals surface area (Å²) in [6.45, 7) is 0. The zero-order chi connectivity index (χ0) is 11.7. The topological polar surface area (TPSA) is 80.7 Å². The van der Waals surface area contributed by atoms with E-state index >= 15 is 0 Å². The van der Waals surface area contributed by atoms with Gasteiger partial charge in [-0.2, -0.15) is 5.10 Å². The van der Waals surface area contributed by atoms with Gasteiger partial charge in [-0.1, -0.05) is 35.5 Å². The smallest absolute Gasteiger partial charge is 0.222 e. The molecule has 0 saturated heterocycles. The van der Waals surface area contributed by atoms with Gasteiger partial charge in [-0.05, 0) is 0 Å². The Labute approximate surface area is 97.2 Å². The molecule has 2 aromatic heterocycles. The van der Waals surface area contributed by atoms with Crippen LogP contribution in [0.15, 0.2) is 47.1 Å².